The molecule has 1 aliphatic carbocycles. The molecule has 0 aromatic heterocycles. The van der Waals surface area contributed by atoms with Gasteiger partial charge in [-0.15, -0.1) is 0 Å². The van der Waals surface area contributed by atoms with Gasteiger partial charge in [0.25, 0.3) is 0 Å². The van der Waals surface area contributed by atoms with Crippen LogP contribution in [0.3, 0.4) is 0 Å². The summed E-state index contributed by atoms with van der Waals surface area (Å²) in [6.07, 6.45) is 10.7. The number of piperidine rings is 2. The molecule has 34 heavy (non-hydrogen) atoms. The molecule has 5 rings (SSSR count). The minimum Gasteiger partial charge on any atom is -0.489 e. The number of nitrogens with zero attached hydrogens (tertiary/aromatic N) is 2. The second-order valence-electron chi connectivity index (χ2n) is 10.8. The number of fused-ring (bicyclic) bond motifs is 3. The number of carbonyl (C=O) groups is 1. The number of benzene rings is 2. The van der Waals surface area contributed by atoms with Gasteiger partial charge in [-0.3, -0.25) is 9.69 Å². The second kappa shape index (κ2) is 9.96. The van der Waals surface area contributed by atoms with Crippen LogP contribution in [0.2, 0.25) is 0 Å². The molecule has 1 saturated carbocycles. The van der Waals surface area contributed by atoms with Crippen molar-refractivity contribution in [2.24, 2.45) is 11.8 Å². The number of nitriles is 1. The molecule has 3 fully saturated rings. The standard InChI is InChI=1S/C29H36N2O3/c1-19-5-9-25(10-6-19)34-28-12-8-21-15-20(7-11-26(21)27(28)18-30)13-14-31-23-3-2-4-24(31)17-22(16-23)29(32)33/h7-8,11-12,15,19,22-25H,2-6,9-10,13-14,16-17H2,1H3,(H,32,33)/t19-,22?,23?,24?,25+. The van der Waals surface area contributed by atoms with Gasteiger partial charge >= 0.3 is 5.97 Å². The van der Waals surface area contributed by atoms with Crippen molar-refractivity contribution in [1.29, 1.82) is 5.26 Å². The maximum absolute atomic E-state index is 11.5. The Labute approximate surface area is 202 Å². The van der Waals surface area contributed by atoms with Crippen LogP contribution in [0.25, 0.3) is 10.8 Å². The maximum atomic E-state index is 11.5. The lowest BCUT2D eigenvalue weighted by Gasteiger charge is -2.48. The lowest BCUT2D eigenvalue weighted by Crippen LogP contribution is -2.53. The zero-order valence-electron chi connectivity index (χ0n) is 20.2. The first-order chi connectivity index (χ1) is 16.5. The van der Waals surface area contributed by atoms with Gasteiger partial charge in [0.1, 0.15) is 17.4 Å². The van der Waals surface area contributed by atoms with E-state index in [0.717, 1.165) is 73.9 Å². The first-order valence-corrected chi connectivity index (χ1v) is 13.1. The predicted octanol–water partition coefficient (Wildman–Crippen LogP) is 5.93. The molecule has 180 valence electrons. The number of carboxylic acids is 1. The lowest BCUT2D eigenvalue weighted by atomic mass is 9.78. The molecule has 2 bridgehead atoms. The quantitative estimate of drug-likeness (QED) is 0.578. The van der Waals surface area contributed by atoms with Crippen molar-refractivity contribution in [2.75, 3.05) is 6.54 Å². The van der Waals surface area contributed by atoms with Crippen LogP contribution in [0.4, 0.5) is 0 Å². The Kier molecular flexibility index (Phi) is 6.79. The van der Waals surface area contributed by atoms with Gasteiger partial charge in [0.2, 0.25) is 0 Å². The van der Waals surface area contributed by atoms with Crippen LogP contribution in [-0.2, 0) is 11.2 Å². The maximum Gasteiger partial charge on any atom is 0.306 e. The Morgan fingerprint density at radius 2 is 1.82 bits per heavy atom. The SMILES string of the molecule is C[C@H]1CC[C@@H](Oc2ccc3cc(CCN4C5CCCC4CC(C(=O)O)C5)ccc3c2C#N)CC1. The van der Waals surface area contributed by atoms with E-state index in [4.69, 9.17) is 4.74 Å². The van der Waals surface area contributed by atoms with Gasteiger partial charge in [0.05, 0.1) is 12.0 Å². The van der Waals surface area contributed by atoms with Gasteiger partial charge in [-0.05, 0) is 80.7 Å². The number of rotatable bonds is 6. The average molecular weight is 461 g/mol. The molecule has 2 heterocycles. The van der Waals surface area contributed by atoms with Crippen LogP contribution < -0.4 is 4.74 Å². The van der Waals surface area contributed by atoms with Crippen molar-refractivity contribution in [3.05, 3.63) is 41.5 Å². The van der Waals surface area contributed by atoms with E-state index in [-0.39, 0.29) is 12.0 Å². The molecule has 1 N–H and O–H groups in total. The fourth-order valence-electron chi connectivity index (χ4n) is 6.56. The van der Waals surface area contributed by atoms with Gasteiger partial charge < -0.3 is 9.84 Å². The molecule has 2 aromatic rings. The van der Waals surface area contributed by atoms with Crippen molar-refractivity contribution in [1.82, 2.24) is 4.90 Å². The third kappa shape index (κ3) is 4.79. The fraction of sp³-hybridized carbons (Fsp3) is 0.586. The molecule has 2 unspecified atom stereocenters. The molecule has 0 radical (unpaired) electrons. The Balaban J connectivity index is 1.28. The van der Waals surface area contributed by atoms with Gasteiger partial charge in [0.15, 0.2) is 0 Å². The zero-order valence-corrected chi connectivity index (χ0v) is 20.2. The number of aliphatic carboxylic acids is 1. The van der Waals surface area contributed by atoms with Crippen LogP contribution in [0, 0.1) is 23.2 Å². The van der Waals surface area contributed by atoms with Crippen LogP contribution in [-0.4, -0.2) is 40.7 Å². The molecular formula is C29H36N2O3. The van der Waals surface area contributed by atoms with Gasteiger partial charge in [-0.1, -0.05) is 37.6 Å². The molecular weight excluding hydrogens is 424 g/mol. The lowest BCUT2D eigenvalue weighted by molar-refractivity contribution is -0.146. The average Bonchev–Trinajstić information content (AvgIpc) is 2.83. The Bertz CT molecular complexity index is 1070. The number of ether oxygens (including phenoxy) is 1. The molecule has 2 atom stereocenters. The van der Waals surface area contributed by atoms with E-state index in [1.165, 1.54) is 24.8 Å². The first kappa shape index (κ1) is 23.2. The van der Waals surface area contributed by atoms with Crippen molar-refractivity contribution < 1.29 is 14.6 Å². The fourth-order valence-corrected chi connectivity index (χ4v) is 6.56. The summed E-state index contributed by atoms with van der Waals surface area (Å²) < 4.78 is 6.29. The number of hydrogen-bond donors (Lipinski definition) is 1. The van der Waals surface area contributed by atoms with Crippen LogP contribution in [0.1, 0.15) is 75.8 Å². The predicted molar refractivity (Wildman–Crippen MR) is 133 cm³/mol. The van der Waals surface area contributed by atoms with Crippen LogP contribution >= 0.6 is 0 Å². The van der Waals surface area contributed by atoms with Crippen molar-refractivity contribution in [3.8, 4) is 11.8 Å². The third-order valence-electron chi connectivity index (χ3n) is 8.55. The van der Waals surface area contributed by atoms with Crippen molar-refractivity contribution in [3.63, 3.8) is 0 Å². The van der Waals surface area contributed by atoms with E-state index in [0.29, 0.717) is 17.6 Å². The monoisotopic (exact) mass is 460 g/mol. The van der Waals surface area contributed by atoms with Crippen LogP contribution in [0.15, 0.2) is 30.3 Å². The molecule has 2 saturated heterocycles. The Hall–Kier alpha value is -2.58. The van der Waals surface area contributed by atoms with Crippen LogP contribution in [0.5, 0.6) is 5.75 Å². The van der Waals surface area contributed by atoms with Gasteiger partial charge in [-0.2, -0.15) is 5.26 Å². The highest BCUT2D eigenvalue weighted by atomic mass is 16.5. The highest BCUT2D eigenvalue weighted by Gasteiger charge is 2.40. The molecule has 0 spiro atoms. The summed E-state index contributed by atoms with van der Waals surface area (Å²) >= 11 is 0. The Morgan fingerprint density at radius 1 is 1.09 bits per heavy atom. The van der Waals surface area contributed by atoms with E-state index in [9.17, 15) is 15.2 Å². The molecule has 2 aliphatic heterocycles. The summed E-state index contributed by atoms with van der Waals surface area (Å²) in [5.41, 5.74) is 1.91. The van der Waals surface area contributed by atoms with Gasteiger partial charge in [0, 0.05) is 24.0 Å². The summed E-state index contributed by atoms with van der Waals surface area (Å²) in [6.45, 7) is 3.27. The van der Waals surface area contributed by atoms with E-state index < -0.39 is 5.97 Å². The summed E-state index contributed by atoms with van der Waals surface area (Å²) in [6, 6.07) is 13.7. The highest BCUT2D eigenvalue weighted by Crippen LogP contribution is 2.37. The van der Waals surface area contributed by atoms with Crippen molar-refractivity contribution >= 4 is 16.7 Å². The van der Waals surface area contributed by atoms with E-state index >= 15 is 0 Å². The largest absolute Gasteiger partial charge is 0.489 e. The minimum absolute atomic E-state index is 0.176. The topological polar surface area (TPSA) is 73.6 Å². The van der Waals surface area contributed by atoms with E-state index in [1.54, 1.807) is 0 Å². The highest BCUT2D eigenvalue weighted by molar-refractivity contribution is 5.90. The number of carboxylic acid groups (broad SMARTS) is 1. The summed E-state index contributed by atoms with van der Waals surface area (Å²) in [5.74, 6) is 0.690. The first-order valence-electron chi connectivity index (χ1n) is 13.1. The van der Waals surface area contributed by atoms with Crippen molar-refractivity contribution in [2.45, 2.75) is 89.3 Å². The Morgan fingerprint density at radius 3 is 2.50 bits per heavy atom. The number of hydrogen-bond acceptors (Lipinski definition) is 4. The second-order valence-corrected chi connectivity index (χ2v) is 10.8. The third-order valence-corrected chi connectivity index (χ3v) is 8.55. The molecule has 2 aromatic carbocycles. The summed E-state index contributed by atoms with van der Waals surface area (Å²) in [7, 11) is 0. The van der Waals surface area contributed by atoms with E-state index in [2.05, 4.69) is 42.2 Å². The molecule has 0 amide bonds. The molecule has 5 heteroatoms. The van der Waals surface area contributed by atoms with E-state index in [1.807, 2.05) is 6.07 Å². The minimum atomic E-state index is -0.624. The smallest absolute Gasteiger partial charge is 0.306 e. The normalized spacial score (nSPS) is 29.5. The molecule has 5 nitrogen and oxygen atoms in total. The zero-order chi connectivity index (χ0) is 23.7. The summed E-state index contributed by atoms with van der Waals surface area (Å²) in [4.78, 5) is 14.1. The molecule has 3 aliphatic rings. The summed E-state index contributed by atoms with van der Waals surface area (Å²) in [5, 5.41) is 21.5. The van der Waals surface area contributed by atoms with Gasteiger partial charge in [-0.25, -0.2) is 0 Å².